The molecule has 0 aliphatic carbocycles. The summed E-state index contributed by atoms with van der Waals surface area (Å²) < 4.78 is 18.4. The SMILES string of the molecule is COc1cccc(CN2CCN(C(=O)c3ccc(F)cc3Cl)CC2)c1. The van der Waals surface area contributed by atoms with Crippen LogP contribution in [0.25, 0.3) is 0 Å². The molecule has 0 unspecified atom stereocenters. The molecule has 0 saturated carbocycles. The molecule has 1 aliphatic heterocycles. The van der Waals surface area contributed by atoms with Gasteiger partial charge in [0.05, 0.1) is 17.7 Å². The first kappa shape index (κ1) is 17.7. The minimum absolute atomic E-state index is 0.147. The number of amides is 1. The average Bonchev–Trinajstić information content (AvgIpc) is 2.62. The molecular formula is C19H20ClFN2O2. The number of hydrogen-bond donors (Lipinski definition) is 0. The van der Waals surface area contributed by atoms with Crippen LogP contribution in [0.15, 0.2) is 42.5 Å². The van der Waals surface area contributed by atoms with E-state index < -0.39 is 5.82 Å². The molecule has 3 rings (SSSR count). The van der Waals surface area contributed by atoms with Gasteiger partial charge >= 0.3 is 0 Å². The number of benzene rings is 2. The Bertz CT molecular complexity index is 761. The van der Waals surface area contributed by atoms with Crippen LogP contribution in [-0.4, -0.2) is 49.0 Å². The van der Waals surface area contributed by atoms with Crippen molar-refractivity contribution < 1.29 is 13.9 Å². The van der Waals surface area contributed by atoms with Crippen molar-refractivity contribution in [3.63, 3.8) is 0 Å². The molecule has 0 N–H and O–H groups in total. The molecule has 1 fully saturated rings. The maximum Gasteiger partial charge on any atom is 0.255 e. The molecular weight excluding hydrogens is 343 g/mol. The van der Waals surface area contributed by atoms with Crippen molar-refractivity contribution in [2.45, 2.75) is 6.54 Å². The van der Waals surface area contributed by atoms with E-state index in [1.807, 2.05) is 18.2 Å². The fraction of sp³-hybridized carbons (Fsp3) is 0.316. The molecule has 0 radical (unpaired) electrons. The Morgan fingerprint density at radius 1 is 1.16 bits per heavy atom. The summed E-state index contributed by atoms with van der Waals surface area (Å²) >= 11 is 6.00. The third-order valence-electron chi connectivity index (χ3n) is 4.36. The van der Waals surface area contributed by atoms with Crippen molar-refractivity contribution in [1.29, 1.82) is 0 Å². The van der Waals surface area contributed by atoms with Crippen LogP contribution >= 0.6 is 11.6 Å². The van der Waals surface area contributed by atoms with Gasteiger partial charge in [-0.15, -0.1) is 0 Å². The van der Waals surface area contributed by atoms with E-state index in [0.29, 0.717) is 18.7 Å². The Balaban J connectivity index is 1.58. The fourth-order valence-electron chi connectivity index (χ4n) is 2.97. The third-order valence-corrected chi connectivity index (χ3v) is 4.67. The Hall–Kier alpha value is -2.11. The average molecular weight is 363 g/mol. The maximum atomic E-state index is 13.1. The normalized spacial score (nSPS) is 15.2. The fourth-order valence-corrected chi connectivity index (χ4v) is 3.22. The van der Waals surface area contributed by atoms with Gasteiger partial charge in [-0.05, 0) is 35.9 Å². The summed E-state index contributed by atoms with van der Waals surface area (Å²) in [7, 11) is 1.66. The molecule has 1 aliphatic rings. The maximum absolute atomic E-state index is 13.1. The summed E-state index contributed by atoms with van der Waals surface area (Å²) in [5, 5.41) is 0.156. The van der Waals surface area contributed by atoms with E-state index in [9.17, 15) is 9.18 Å². The van der Waals surface area contributed by atoms with Crippen molar-refractivity contribution in [2.24, 2.45) is 0 Å². The highest BCUT2D eigenvalue weighted by atomic mass is 35.5. The monoisotopic (exact) mass is 362 g/mol. The standard InChI is InChI=1S/C19H20ClFN2O2/c1-25-16-4-2-3-14(11-16)13-22-7-9-23(10-8-22)19(24)17-6-5-15(21)12-18(17)20/h2-6,11-12H,7-10,13H2,1H3. The quantitative estimate of drug-likeness (QED) is 0.835. The van der Waals surface area contributed by atoms with Crippen molar-refractivity contribution in [3.8, 4) is 5.75 Å². The third kappa shape index (κ3) is 4.30. The molecule has 0 atom stereocenters. The lowest BCUT2D eigenvalue weighted by molar-refractivity contribution is 0.0628. The topological polar surface area (TPSA) is 32.8 Å². The van der Waals surface area contributed by atoms with E-state index in [0.717, 1.165) is 25.4 Å². The molecule has 4 nitrogen and oxygen atoms in total. The summed E-state index contributed by atoms with van der Waals surface area (Å²) in [5.74, 6) is 0.257. The van der Waals surface area contributed by atoms with E-state index in [4.69, 9.17) is 16.3 Å². The molecule has 6 heteroatoms. The van der Waals surface area contributed by atoms with E-state index in [2.05, 4.69) is 11.0 Å². The minimum atomic E-state index is -0.440. The lowest BCUT2D eigenvalue weighted by atomic mass is 10.1. The van der Waals surface area contributed by atoms with E-state index in [1.54, 1.807) is 12.0 Å². The van der Waals surface area contributed by atoms with Crippen LogP contribution in [0.1, 0.15) is 15.9 Å². The van der Waals surface area contributed by atoms with Gasteiger partial charge in [-0.3, -0.25) is 9.69 Å². The second-order valence-corrected chi connectivity index (χ2v) is 6.45. The molecule has 0 bridgehead atoms. The van der Waals surface area contributed by atoms with Crippen molar-refractivity contribution in [1.82, 2.24) is 9.80 Å². The number of piperazine rings is 1. The predicted molar refractivity (Wildman–Crippen MR) is 95.6 cm³/mol. The lowest BCUT2D eigenvalue weighted by Gasteiger charge is -2.35. The van der Waals surface area contributed by atoms with Gasteiger partial charge < -0.3 is 9.64 Å². The van der Waals surface area contributed by atoms with E-state index in [1.165, 1.54) is 23.8 Å². The van der Waals surface area contributed by atoms with E-state index >= 15 is 0 Å². The highest BCUT2D eigenvalue weighted by Gasteiger charge is 2.23. The number of nitrogens with zero attached hydrogens (tertiary/aromatic N) is 2. The molecule has 0 spiro atoms. The zero-order valence-electron chi connectivity index (χ0n) is 14.0. The zero-order valence-corrected chi connectivity index (χ0v) is 14.8. The van der Waals surface area contributed by atoms with Crippen LogP contribution in [0.2, 0.25) is 5.02 Å². The number of carbonyl (C=O) groups is 1. The molecule has 1 heterocycles. The van der Waals surface area contributed by atoms with Gasteiger partial charge in [0.15, 0.2) is 0 Å². The molecule has 25 heavy (non-hydrogen) atoms. The van der Waals surface area contributed by atoms with Gasteiger partial charge in [-0.1, -0.05) is 23.7 Å². The first-order chi connectivity index (χ1) is 12.1. The Morgan fingerprint density at radius 2 is 1.92 bits per heavy atom. The van der Waals surface area contributed by atoms with Crippen LogP contribution in [0, 0.1) is 5.82 Å². The molecule has 1 amide bonds. The van der Waals surface area contributed by atoms with Crippen LogP contribution in [0.3, 0.4) is 0 Å². The number of carbonyl (C=O) groups excluding carboxylic acids is 1. The Labute approximate surface area is 151 Å². The van der Waals surface area contributed by atoms with Gasteiger partial charge in [-0.2, -0.15) is 0 Å². The van der Waals surface area contributed by atoms with Crippen molar-refractivity contribution >= 4 is 17.5 Å². The van der Waals surface area contributed by atoms with Gasteiger partial charge in [-0.25, -0.2) is 4.39 Å². The molecule has 2 aromatic carbocycles. The predicted octanol–water partition coefficient (Wildman–Crippen LogP) is 3.45. The van der Waals surface area contributed by atoms with Gasteiger partial charge in [0.2, 0.25) is 0 Å². The first-order valence-electron chi connectivity index (χ1n) is 8.16. The summed E-state index contributed by atoms with van der Waals surface area (Å²) in [6.45, 7) is 3.62. The van der Waals surface area contributed by atoms with Crippen LogP contribution in [0.5, 0.6) is 5.75 Å². The molecule has 2 aromatic rings. The first-order valence-corrected chi connectivity index (χ1v) is 8.54. The van der Waals surface area contributed by atoms with Crippen molar-refractivity contribution in [3.05, 3.63) is 64.4 Å². The van der Waals surface area contributed by atoms with Gasteiger partial charge in [0.25, 0.3) is 5.91 Å². The van der Waals surface area contributed by atoms with Crippen LogP contribution in [0.4, 0.5) is 4.39 Å². The Morgan fingerprint density at radius 3 is 2.60 bits per heavy atom. The lowest BCUT2D eigenvalue weighted by Crippen LogP contribution is -2.48. The number of rotatable bonds is 4. The van der Waals surface area contributed by atoms with Crippen LogP contribution in [-0.2, 0) is 6.54 Å². The largest absolute Gasteiger partial charge is 0.497 e. The number of halogens is 2. The summed E-state index contributed by atoms with van der Waals surface area (Å²) in [4.78, 5) is 16.6. The smallest absolute Gasteiger partial charge is 0.255 e. The van der Waals surface area contributed by atoms with Gasteiger partial charge in [0.1, 0.15) is 11.6 Å². The highest BCUT2D eigenvalue weighted by molar-refractivity contribution is 6.33. The van der Waals surface area contributed by atoms with E-state index in [-0.39, 0.29) is 10.9 Å². The Kier molecular flexibility index (Phi) is 5.56. The summed E-state index contributed by atoms with van der Waals surface area (Å²) in [5.41, 5.74) is 1.53. The second kappa shape index (κ2) is 7.85. The molecule has 132 valence electrons. The summed E-state index contributed by atoms with van der Waals surface area (Å²) in [6, 6.07) is 11.9. The number of ether oxygens (including phenoxy) is 1. The molecule has 1 saturated heterocycles. The minimum Gasteiger partial charge on any atom is -0.497 e. The number of methoxy groups -OCH3 is 1. The highest BCUT2D eigenvalue weighted by Crippen LogP contribution is 2.20. The van der Waals surface area contributed by atoms with Crippen LogP contribution < -0.4 is 4.74 Å². The summed E-state index contributed by atoms with van der Waals surface area (Å²) in [6.07, 6.45) is 0. The zero-order chi connectivity index (χ0) is 17.8. The van der Waals surface area contributed by atoms with Gasteiger partial charge in [0, 0.05) is 32.7 Å². The molecule has 0 aromatic heterocycles. The second-order valence-electron chi connectivity index (χ2n) is 6.04. The van der Waals surface area contributed by atoms with Crippen molar-refractivity contribution in [2.75, 3.05) is 33.3 Å². The number of hydrogen-bond acceptors (Lipinski definition) is 3.